The van der Waals surface area contributed by atoms with Gasteiger partial charge in [-0.3, -0.25) is 9.35 Å². The summed E-state index contributed by atoms with van der Waals surface area (Å²) in [6.07, 6.45) is 0.365. The van der Waals surface area contributed by atoms with E-state index in [1.807, 2.05) is 6.92 Å². The van der Waals surface area contributed by atoms with Crippen molar-refractivity contribution in [2.45, 2.75) is 25.2 Å². The van der Waals surface area contributed by atoms with Gasteiger partial charge in [0.25, 0.3) is 16.0 Å². The highest BCUT2D eigenvalue weighted by atomic mass is 35.5. The lowest BCUT2D eigenvalue weighted by atomic mass is 10.0. The third-order valence-corrected chi connectivity index (χ3v) is 7.01. The average Bonchev–Trinajstić information content (AvgIpc) is 2.87. The van der Waals surface area contributed by atoms with Crippen LogP contribution in [0.25, 0.3) is 10.8 Å². The van der Waals surface area contributed by atoms with E-state index in [-0.39, 0.29) is 27.7 Å². The van der Waals surface area contributed by atoms with Crippen LogP contribution in [0.15, 0.2) is 81.9 Å². The number of halogens is 1. The van der Waals surface area contributed by atoms with Gasteiger partial charge in [-0.25, -0.2) is 0 Å². The minimum absolute atomic E-state index is 0.0186. The standard InChI is InChI=1S/C27H24ClN3O6S/c1-3-16-13-24(38(34,35)36)22(28)15-23(16)30-31-25-20-11-6-5-8-17(20)12-21(26(25)32)27(33)29-18-9-7-10-19(14-18)37-4-2/h5-15,32H,3-4H2,1-2H3,(H,29,33)(H,34,35,36). The number of anilines is 1. The maximum Gasteiger partial charge on any atom is 0.296 e. The van der Waals surface area contributed by atoms with Crippen LogP contribution in [-0.4, -0.2) is 30.6 Å². The zero-order valence-corrected chi connectivity index (χ0v) is 22.0. The van der Waals surface area contributed by atoms with E-state index in [4.69, 9.17) is 16.3 Å². The van der Waals surface area contributed by atoms with Gasteiger partial charge in [0, 0.05) is 17.1 Å². The Bertz CT molecular complexity index is 1670. The molecule has 4 rings (SSSR count). The lowest BCUT2D eigenvalue weighted by Crippen LogP contribution is -2.12. The molecule has 1 amide bonds. The molecule has 9 nitrogen and oxygen atoms in total. The number of phenols is 1. The minimum atomic E-state index is -4.53. The van der Waals surface area contributed by atoms with Gasteiger partial charge >= 0.3 is 0 Å². The van der Waals surface area contributed by atoms with Crippen molar-refractivity contribution in [1.29, 1.82) is 0 Å². The molecule has 0 unspecified atom stereocenters. The monoisotopic (exact) mass is 553 g/mol. The molecule has 0 saturated carbocycles. The van der Waals surface area contributed by atoms with Crippen LogP contribution in [0.5, 0.6) is 11.5 Å². The molecule has 0 aliphatic carbocycles. The second-order valence-electron chi connectivity index (χ2n) is 8.20. The summed E-state index contributed by atoms with van der Waals surface area (Å²) >= 11 is 6.07. The second kappa shape index (κ2) is 11.2. The van der Waals surface area contributed by atoms with Crippen LogP contribution < -0.4 is 10.1 Å². The Labute approximate surface area is 224 Å². The van der Waals surface area contributed by atoms with Crippen molar-refractivity contribution in [3.05, 3.63) is 82.9 Å². The fraction of sp³-hybridized carbons (Fsp3) is 0.148. The van der Waals surface area contributed by atoms with E-state index < -0.39 is 20.9 Å². The number of nitrogens with one attached hydrogen (secondary N) is 1. The molecule has 196 valence electrons. The molecular formula is C27H24ClN3O6S. The van der Waals surface area contributed by atoms with Gasteiger partial charge in [-0.2, -0.15) is 13.5 Å². The predicted octanol–water partition coefficient (Wildman–Crippen LogP) is 7.07. The molecule has 0 saturated heterocycles. The molecule has 4 aromatic rings. The van der Waals surface area contributed by atoms with Crippen LogP contribution >= 0.6 is 11.6 Å². The van der Waals surface area contributed by atoms with Crippen molar-refractivity contribution in [2.24, 2.45) is 10.2 Å². The molecule has 0 spiro atoms. The summed E-state index contributed by atoms with van der Waals surface area (Å²) < 4.78 is 38.2. The van der Waals surface area contributed by atoms with Gasteiger partial charge in [0.1, 0.15) is 16.3 Å². The number of carbonyl (C=O) groups excluding carboxylic acids is 1. The maximum absolute atomic E-state index is 13.2. The van der Waals surface area contributed by atoms with Crippen LogP contribution in [0.2, 0.25) is 5.02 Å². The lowest BCUT2D eigenvalue weighted by molar-refractivity contribution is 0.102. The zero-order chi connectivity index (χ0) is 27.4. The molecule has 0 aliphatic heterocycles. The first kappa shape index (κ1) is 27.1. The fourth-order valence-corrected chi connectivity index (χ4v) is 4.93. The largest absolute Gasteiger partial charge is 0.505 e. The molecule has 11 heteroatoms. The van der Waals surface area contributed by atoms with Gasteiger partial charge in [0.05, 0.1) is 22.9 Å². The van der Waals surface area contributed by atoms with Crippen LogP contribution in [0.3, 0.4) is 0 Å². The average molecular weight is 554 g/mol. The quantitative estimate of drug-likeness (QED) is 0.157. The normalized spacial score (nSPS) is 11.7. The van der Waals surface area contributed by atoms with E-state index in [0.29, 0.717) is 40.8 Å². The Balaban J connectivity index is 1.77. The van der Waals surface area contributed by atoms with Crippen LogP contribution in [0, 0.1) is 0 Å². The van der Waals surface area contributed by atoms with Gasteiger partial charge in [0.2, 0.25) is 0 Å². The Morgan fingerprint density at radius 2 is 1.79 bits per heavy atom. The van der Waals surface area contributed by atoms with Crippen molar-refractivity contribution in [3.8, 4) is 11.5 Å². The van der Waals surface area contributed by atoms with E-state index in [2.05, 4.69) is 15.5 Å². The summed E-state index contributed by atoms with van der Waals surface area (Å²) in [6, 6.07) is 18.0. The number of carbonyl (C=O) groups is 1. The van der Waals surface area contributed by atoms with Crippen molar-refractivity contribution >= 4 is 55.5 Å². The second-order valence-corrected chi connectivity index (χ2v) is 9.99. The molecular weight excluding hydrogens is 530 g/mol. The molecule has 0 fully saturated rings. The van der Waals surface area contributed by atoms with Crippen molar-refractivity contribution in [3.63, 3.8) is 0 Å². The Kier molecular flexibility index (Phi) is 7.96. The Morgan fingerprint density at radius 1 is 1.03 bits per heavy atom. The van der Waals surface area contributed by atoms with E-state index in [9.17, 15) is 22.9 Å². The molecule has 4 aromatic carbocycles. The van der Waals surface area contributed by atoms with Crippen LogP contribution in [-0.2, 0) is 16.5 Å². The number of aryl methyl sites for hydroxylation is 1. The van der Waals surface area contributed by atoms with Crippen molar-refractivity contribution in [2.75, 3.05) is 11.9 Å². The number of azo groups is 1. The van der Waals surface area contributed by atoms with Crippen LogP contribution in [0.1, 0.15) is 29.8 Å². The summed E-state index contributed by atoms with van der Waals surface area (Å²) in [4.78, 5) is 12.7. The molecule has 0 radical (unpaired) electrons. The zero-order valence-electron chi connectivity index (χ0n) is 20.5. The number of benzene rings is 4. The highest BCUT2D eigenvalue weighted by molar-refractivity contribution is 7.86. The van der Waals surface area contributed by atoms with Crippen molar-refractivity contribution in [1.82, 2.24) is 0 Å². The molecule has 0 aliphatic rings. The predicted molar refractivity (Wildman–Crippen MR) is 146 cm³/mol. The summed E-state index contributed by atoms with van der Waals surface area (Å²) in [5, 5.41) is 23.3. The Hall–Kier alpha value is -3.99. The molecule has 0 atom stereocenters. The van der Waals surface area contributed by atoms with Gasteiger partial charge in [-0.1, -0.05) is 48.9 Å². The first-order valence-electron chi connectivity index (χ1n) is 11.6. The number of fused-ring (bicyclic) bond motifs is 1. The summed E-state index contributed by atoms with van der Waals surface area (Å²) in [5.41, 5.74) is 1.22. The van der Waals surface area contributed by atoms with E-state index in [1.54, 1.807) is 61.5 Å². The summed E-state index contributed by atoms with van der Waals surface area (Å²) in [6.45, 7) is 4.10. The van der Waals surface area contributed by atoms with Crippen molar-refractivity contribution < 1.29 is 27.6 Å². The lowest BCUT2D eigenvalue weighted by Gasteiger charge is -2.12. The number of phenolic OH excluding ortho intramolecular Hbond substituents is 1. The van der Waals surface area contributed by atoms with Gasteiger partial charge in [0.15, 0.2) is 5.75 Å². The summed E-state index contributed by atoms with van der Waals surface area (Å²) in [5.74, 6) is -0.356. The first-order chi connectivity index (χ1) is 18.1. The number of aromatic hydroxyl groups is 1. The molecule has 0 bridgehead atoms. The topological polar surface area (TPSA) is 138 Å². The third kappa shape index (κ3) is 5.77. The molecule has 3 N–H and O–H groups in total. The van der Waals surface area contributed by atoms with E-state index in [0.717, 1.165) is 0 Å². The van der Waals surface area contributed by atoms with Gasteiger partial charge in [-0.15, -0.1) is 5.11 Å². The number of rotatable bonds is 8. The Morgan fingerprint density at radius 3 is 2.50 bits per heavy atom. The molecule has 0 aromatic heterocycles. The summed E-state index contributed by atoms with van der Waals surface area (Å²) in [7, 11) is -4.53. The first-order valence-corrected chi connectivity index (χ1v) is 13.4. The fourth-order valence-electron chi connectivity index (χ4n) is 3.88. The molecule has 0 heterocycles. The third-order valence-electron chi connectivity index (χ3n) is 5.69. The number of nitrogens with zero attached hydrogens (tertiary/aromatic N) is 2. The number of ether oxygens (including phenoxy) is 1. The van der Waals surface area contributed by atoms with Gasteiger partial charge in [-0.05, 0) is 54.6 Å². The number of amides is 1. The SMILES string of the molecule is CCOc1cccc(NC(=O)c2cc3ccccc3c(N=Nc3cc(Cl)c(S(=O)(=O)O)cc3CC)c2O)c1. The van der Waals surface area contributed by atoms with Gasteiger partial charge < -0.3 is 15.2 Å². The number of hydrogen-bond donors (Lipinski definition) is 3. The van der Waals surface area contributed by atoms with E-state index >= 15 is 0 Å². The minimum Gasteiger partial charge on any atom is -0.505 e. The highest BCUT2D eigenvalue weighted by Gasteiger charge is 2.20. The smallest absolute Gasteiger partial charge is 0.296 e. The highest BCUT2D eigenvalue weighted by Crippen LogP contribution is 2.40. The maximum atomic E-state index is 13.2. The van der Waals surface area contributed by atoms with E-state index in [1.165, 1.54) is 12.1 Å². The number of hydrogen-bond acceptors (Lipinski definition) is 7. The van der Waals surface area contributed by atoms with Crippen LogP contribution in [0.4, 0.5) is 17.1 Å². The molecule has 38 heavy (non-hydrogen) atoms.